The summed E-state index contributed by atoms with van der Waals surface area (Å²) in [5.74, 6) is -1.30. The highest BCUT2D eigenvalue weighted by Crippen LogP contribution is 2.25. The van der Waals surface area contributed by atoms with Crippen molar-refractivity contribution in [2.24, 2.45) is 0 Å². The molecule has 0 bridgehead atoms. The van der Waals surface area contributed by atoms with Crippen molar-refractivity contribution < 1.29 is 22.7 Å². The molecule has 1 aromatic carbocycles. The topological polar surface area (TPSA) is 123 Å². The maximum Gasteiger partial charge on any atom is 0.344 e. The number of rotatable bonds is 6. The van der Waals surface area contributed by atoms with Gasteiger partial charge >= 0.3 is 5.97 Å². The zero-order chi connectivity index (χ0) is 24.5. The predicted molar refractivity (Wildman–Crippen MR) is 125 cm³/mol. The number of benzene rings is 1. The Labute approximate surface area is 198 Å². The van der Waals surface area contributed by atoms with Gasteiger partial charge < -0.3 is 10.1 Å². The fraction of sp³-hybridized carbons (Fsp3) is 0.391. The number of piperidine rings is 1. The highest BCUT2D eigenvalue weighted by Gasteiger charge is 2.26. The van der Waals surface area contributed by atoms with Crippen LogP contribution in [0.4, 0.5) is 5.69 Å². The monoisotopic (exact) mass is 485 g/mol. The molecule has 1 fully saturated rings. The highest BCUT2D eigenvalue weighted by atomic mass is 32.2. The molecule has 0 spiro atoms. The van der Waals surface area contributed by atoms with Gasteiger partial charge in [0.15, 0.2) is 12.3 Å². The van der Waals surface area contributed by atoms with Gasteiger partial charge in [0.05, 0.1) is 11.1 Å². The fourth-order valence-electron chi connectivity index (χ4n) is 3.96. The van der Waals surface area contributed by atoms with Crippen LogP contribution in [0.1, 0.15) is 46.6 Å². The zero-order valence-electron chi connectivity index (χ0n) is 19.4. The molecule has 0 radical (unpaired) electrons. The normalized spacial score (nSPS) is 14.8. The third kappa shape index (κ3) is 4.80. The lowest BCUT2D eigenvalue weighted by Crippen LogP contribution is -2.35. The van der Waals surface area contributed by atoms with Gasteiger partial charge in [-0.05, 0) is 57.4 Å². The van der Waals surface area contributed by atoms with Crippen LogP contribution in [-0.4, -0.2) is 58.9 Å². The van der Waals surface area contributed by atoms with E-state index in [-0.39, 0.29) is 10.5 Å². The van der Waals surface area contributed by atoms with Gasteiger partial charge in [-0.3, -0.25) is 4.79 Å². The Morgan fingerprint density at radius 3 is 2.56 bits per heavy atom. The largest absolute Gasteiger partial charge is 0.452 e. The maximum absolute atomic E-state index is 13.0. The Bertz CT molecular complexity index is 1360. The second-order valence-electron chi connectivity index (χ2n) is 8.40. The number of aromatic nitrogens is 3. The number of aryl methyl sites for hydroxylation is 3. The van der Waals surface area contributed by atoms with Gasteiger partial charge in [0.25, 0.3) is 5.91 Å². The second kappa shape index (κ2) is 9.51. The molecule has 0 saturated carbocycles. The van der Waals surface area contributed by atoms with Gasteiger partial charge in [0.2, 0.25) is 10.0 Å². The summed E-state index contributed by atoms with van der Waals surface area (Å²) in [7, 11) is -3.64. The summed E-state index contributed by atoms with van der Waals surface area (Å²) in [4.78, 5) is 29.5. The van der Waals surface area contributed by atoms with Gasteiger partial charge in [-0.25, -0.2) is 22.7 Å². The van der Waals surface area contributed by atoms with E-state index in [0.29, 0.717) is 30.0 Å². The third-order valence-corrected chi connectivity index (χ3v) is 7.66. The molecule has 34 heavy (non-hydrogen) atoms. The summed E-state index contributed by atoms with van der Waals surface area (Å²) >= 11 is 0. The third-order valence-electron chi connectivity index (χ3n) is 5.77. The molecular weight excluding hydrogens is 458 g/mol. The SMILES string of the molecule is Cc1cc(C)n2ncc(C(=O)OCC(=O)Nc3cc(S(=O)(=O)N4CCCCC4)ccc3C)c2n1. The summed E-state index contributed by atoms with van der Waals surface area (Å²) in [5.41, 5.74) is 3.10. The molecule has 11 heteroatoms. The first-order valence-electron chi connectivity index (χ1n) is 11.1. The molecule has 2 aromatic heterocycles. The van der Waals surface area contributed by atoms with E-state index < -0.39 is 28.5 Å². The van der Waals surface area contributed by atoms with Crippen molar-refractivity contribution >= 4 is 33.2 Å². The van der Waals surface area contributed by atoms with E-state index in [1.54, 1.807) is 13.0 Å². The van der Waals surface area contributed by atoms with Gasteiger partial charge in [-0.2, -0.15) is 9.40 Å². The van der Waals surface area contributed by atoms with Crippen molar-refractivity contribution in [1.29, 1.82) is 0 Å². The number of fused-ring (bicyclic) bond motifs is 1. The van der Waals surface area contributed by atoms with Crippen LogP contribution in [0.5, 0.6) is 0 Å². The molecule has 3 heterocycles. The number of carbonyl (C=O) groups excluding carboxylic acids is 2. The Morgan fingerprint density at radius 1 is 1.09 bits per heavy atom. The van der Waals surface area contributed by atoms with Crippen molar-refractivity contribution in [3.8, 4) is 0 Å². The molecule has 1 N–H and O–H groups in total. The number of carbonyl (C=O) groups is 2. The molecule has 180 valence electrons. The summed E-state index contributed by atoms with van der Waals surface area (Å²) in [6.45, 7) is 5.86. The van der Waals surface area contributed by atoms with Gasteiger partial charge in [-0.1, -0.05) is 12.5 Å². The smallest absolute Gasteiger partial charge is 0.344 e. The number of nitrogens with one attached hydrogen (secondary N) is 1. The van der Waals surface area contributed by atoms with Crippen LogP contribution in [0.2, 0.25) is 0 Å². The number of nitrogens with zero attached hydrogens (tertiary/aromatic N) is 4. The molecular formula is C23H27N5O5S. The lowest BCUT2D eigenvalue weighted by molar-refractivity contribution is -0.119. The Hall–Kier alpha value is -3.31. The minimum Gasteiger partial charge on any atom is -0.452 e. The van der Waals surface area contributed by atoms with Crippen LogP contribution in [-0.2, 0) is 19.6 Å². The molecule has 1 aliphatic rings. The Kier molecular flexibility index (Phi) is 6.67. The van der Waals surface area contributed by atoms with E-state index in [0.717, 1.165) is 30.7 Å². The summed E-state index contributed by atoms with van der Waals surface area (Å²) in [5, 5.41) is 6.80. The summed E-state index contributed by atoms with van der Waals surface area (Å²) in [6.07, 6.45) is 4.04. The second-order valence-corrected chi connectivity index (χ2v) is 10.3. The number of ether oxygens (including phenoxy) is 1. The van der Waals surface area contributed by atoms with Crippen LogP contribution >= 0.6 is 0 Å². The van der Waals surface area contributed by atoms with Crippen molar-refractivity contribution in [2.75, 3.05) is 25.0 Å². The number of esters is 1. The number of sulfonamides is 1. The average molecular weight is 486 g/mol. The highest BCUT2D eigenvalue weighted by molar-refractivity contribution is 7.89. The molecule has 3 aromatic rings. The molecule has 0 unspecified atom stereocenters. The minimum absolute atomic E-state index is 0.121. The van der Waals surface area contributed by atoms with Crippen LogP contribution in [0, 0.1) is 20.8 Å². The average Bonchev–Trinajstić information content (AvgIpc) is 3.23. The van der Waals surface area contributed by atoms with E-state index in [1.807, 2.05) is 19.9 Å². The van der Waals surface area contributed by atoms with Crippen LogP contribution < -0.4 is 5.32 Å². The first-order valence-corrected chi connectivity index (χ1v) is 12.5. The minimum atomic E-state index is -3.64. The number of anilines is 1. The predicted octanol–water partition coefficient (Wildman–Crippen LogP) is 2.62. The van der Waals surface area contributed by atoms with Crippen molar-refractivity contribution in [1.82, 2.24) is 18.9 Å². The number of amides is 1. The van der Waals surface area contributed by atoms with E-state index in [4.69, 9.17) is 4.74 Å². The molecule has 10 nitrogen and oxygen atoms in total. The van der Waals surface area contributed by atoms with Gasteiger partial charge in [0, 0.05) is 30.2 Å². The lowest BCUT2D eigenvalue weighted by Gasteiger charge is -2.26. The Balaban J connectivity index is 1.44. The molecule has 4 rings (SSSR count). The van der Waals surface area contributed by atoms with E-state index in [2.05, 4.69) is 15.4 Å². The van der Waals surface area contributed by atoms with E-state index in [1.165, 1.54) is 27.2 Å². The molecule has 1 saturated heterocycles. The van der Waals surface area contributed by atoms with Crippen LogP contribution in [0.15, 0.2) is 35.4 Å². The number of hydrogen-bond acceptors (Lipinski definition) is 7. The molecule has 1 aliphatic heterocycles. The van der Waals surface area contributed by atoms with Crippen molar-refractivity contribution in [3.05, 3.63) is 53.0 Å². The van der Waals surface area contributed by atoms with E-state index in [9.17, 15) is 18.0 Å². The van der Waals surface area contributed by atoms with E-state index >= 15 is 0 Å². The van der Waals surface area contributed by atoms with Crippen molar-refractivity contribution in [2.45, 2.75) is 44.9 Å². The van der Waals surface area contributed by atoms with Crippen LogP contribution in [0.25, 0.3) is 5.65 Å². The standard InChI is InChI=1S/C23H27N5O5S/c1-15-7-8-18(34(31,32)27-9-5-4-6-10-27)12-20(15)26-21(29)14-33-23(30)19-13-24-28-17(3)11-16(2)25-22(19)28/h7-8,11-13H,4-6,9-10,14H2,1-3H3,(H,26,29). The molecule has 0 aliphatic carbocycles. The quantitative estimate of drug-likeness (QED) is 0.533. The molecule has 0 atom stereocenters. The summed E-state index contributed by atoms with van der Waals surface area (Å²) in [6, 6.07) is 6.47. The van der Waals surface area contributed by atoms with Gasteiger partial charge in [-0.15, -0.1) is 0 Å². The fourth-order valence-corrected chi connectivity index (χ4v) is 5.50. The summed E-state index contributed by atoms with van der Waals surface area (Å²) < 4.78 is 34.1. The Morgan fingerprint density at radius 2 is 1.82 bits per heavy atom. The lowest BCUT2D eigenvalue weighted by atomic mass is 10.2. The van der Waals surface area contributed by atoms with Gasteiger partial charge in [0.1, 0.15) is 5.56 Å². The zero-order valence-corrected chi connectivity index (χ0v) is 20.2. The first-order chi connectivity index (χ1) is 16.2. The number of hydrogen-bond donors (Lipinski definition) is 1. The van der Waals surface area contributed by atoms with Crippen LogP contribution in [0.3, 0.4) is 0 Å². The molecule has 1 amide bonds. The van der Waals surface area contributed by atoms with Crippen molar-refractivity contribution in [3.63, 3.8) is 0 Å². The maximum atomic E-state index is 13.0. The first kappa shape index (κ1) is 23.8.